The molecule has 0 aliphatic heterocycles. The third kappa shape index (κ3) is 5.04. The van der Waals surface area contributed by atoms with Gasteiger partial charge in [-0.2, -0.15) is 5.26 Å². The third-order valence-electron chi connectivity index (χ3n) is 3.26. The first-order chi connectivity index (χ1) is 12.0. The van der Waals surface area contributed by atoms with Crippen LogP contribution in [-0.2, 0) is 14.8 Å². The van der Waals surface area contributed by atoms with Crippen LogP contribution in [0.5, 0.6) is 0 Å². The van der Waals surface area contributed by atoms with Gasteiger partial charge < -0.3 is 10.1 Å². The number of nitriles is 1. The molecule has 0 fully saturated rings. The van der Waals surface area contributed by atoms with Crippen LogP contribution in [-0.4, -0.2) is 34.6 Å². The zero-order valence-corrected chi connectivity index (χ0v) is 14.3. The zero-order valence-electron chi connectivity index (χ0n) is 13.5. The Morgan fingerprint density at radius 2 is 1.92 bits per heavy atom. The average Bonchev–Trinajstić information content (AvgIpc) is 2.61. The van der Waals surface area contributed by atoms with Crippen LogP contribution in [0.25, 0.3) is 0 Å². The van der Waals surface area contributed by atoms with Crippen molar-refractivity contribution in [2.24, 2.45) is 0 Å². The van der Waals surface area contributed by atoms with Gasteiger partial charge in [0.05, 0.1) is 28.8 Å². The molecular weight excluding hydrogens is 342 g/mol. The zero-order chi connectivity index (χ0) is 18.3. The predicted molar refractivity (Wildman–Crippen MR) is 92.6 cm³/mol. The molecule has 2 rings (SSSR count). The van der Waals surface area contributed by atoms with Crippen molar-refractivity contribution in [3.8, 4) is 6.07 Å². The molecule has 0 aliphatic carbocycles. The van der Waals surface area contributed by atoms with Gasteiger partial charge in [0.25, 0.3) is 15.9 Å². The second-order valence-electron chi connectivity index (χ2n) is 5.07. The van der Waals surface area contributed by atoms with E-state index in [0.717, 1.165) is 0 Å². The Morgan fingerprint density at radius 3 is 2.56 bits per heavy atom. The van der Waals surface area contributed by atoms with E-state index in [0.29, 0.717) is 30.0 Å². The van der Waals surface area contributed by atoms with E-state index in [2.05, 4.69) is 10.0 Å². The summed E-state index contributed by atoms with van der Waals surface area (Å²) in [5.74, 6) is -0.310. The van der Waals surface area contributed by atoms with Gasteiger partial charge in [0.1, 0.15) is 0 Å². The number of ether oxygens (including phenoxy) is 1. The molecule has 7 nitrogen and oxygen atoms in total. The van der Waals surface area contributed by atoms with Crippen molar-refractivity contribution in [2.75, 3.05) is 25.0 Å². The van der Waals surface area contributed by atoms with E-state index in [1.54, 1.807) is 18.2 Å². The van der Waals surface area contributed by atoms with Crippen LogP contribution in [0.2, 0.25) is 0 Å². The maximum absolute atomic E-state index is 12.4. The summed E-state index contributed by atoms with van der Waals surface area (Å²) in [5.41, 5.74) is 0.991. The Balaban J connectivity index is 2.12. The number of anilines is 1. The molecule has 0 spiro atoms. The van der Waals surface area contributed by atoms with Gasteiger partial charge in [0, 0.05) is 19.2 Å². The lowest BCUT2D eigenvalue weighted by Gasteiger charge is -2.09. The van der Waals surface area contributed by atoms with Gasteiger partial charge in [0.15, 0.2) is 0 Å². The van der Waals surface area contributed by atoms with Gasteiger partial charge in [-0.05, 0) is 42.5 Å². The fraction of sp³-hybridized carbons (Fsp3) is 0.176. The molecule has 0 aliphatic rings. The molecule has 0 atom stereocenters. The molecule has 0 heterocycles. The minimum absolute atomic E-state index is 0.0169. The summed E-state index contributed by atoms with van der Waals surface area (Å²) >= 11 is 0. The number of nitrogens with one attached hydrogen (secondary N) is 2. The summed E-state index contributed by atoms with van der Waals surface area (Å²) in [5, 5.41) is 11.5. The Labute approximate surface area is 146 Å². The summed E-state index contributed by atoms with van der Waals surface area (Å²) in [6.07, 6.45) is 0. The van der Waals surface area contributed by atoms with Crippen molar-refractivity contribution in [3.63, 3.8) is 0 Å². The number of benzene rings is 2. The first-order valence-electron chi connectivity index (χ1n) is 7.36. The highest BCUT2D eigenvalue weighted by atomic mass is 32.2. The molecule has 0 saturated carbocycles. The highest BCUT2D eigenvalue weighted by Crippen LogP contribution is 2.17. The molecule has 130 valence electrons. The number of rotatable bonds is 7. The highest BCUT2D eigenvalue weighted by Gasteiger charge is 2.15. The fourth-order valence-electron chi connectivity index (χ4n) is 2.02. The maximum Gasteiger partial charge on any atom is 0.261 e. The molecule has 0 aromatic heterocycles. The van der Waals surface area contributed by atoms with Crippen LogP contribution < -0.4 is 10.0 Å². The van der Waals surface area contributed by atoms with E-state index in [9.17, 15) is 13.2 Å². The topological polar surface area (TPSA) is 108 Å². The lowest BCUT2D eigenvalue weighted by atomic mass is 10.2. The van der Waals surface area contributed by atoms with Crippen molar-refractivity contribution in [2.45, 2.75) is 4.90 Å². The first kappa shape index (κ1) is 18.4. The number of nitrogens with zero attached hydrogens (tertiary/aromatic N) is 1. The summed E-state index contributed by atoms with van der Waals surface area (Å²) in [7, 11) is -2.28. The molecule has 25 heavy (non-hydrogen) atoms. The quantitative estimate of drug-likeness (QED) is 0.732. The van der Waals surface area contributed by atoms with Gasteiger partial charge >= 0.3 is 0 Å². The molecule has 2 aromatic rings. The molecular formula is C17H17N3O4S. The Kier molecular flexibility index (Phi) is 6.11. The predicted octanol–water partition coefficient (Wildman–Crippen LogP) is 1.74. The van der Waals surface area contributed by atoms with Gasteiger partial charge in [-0.3, -0.25) is 9.52 Å². The van der Waals surface area contributed by atoms with Crippen molar-refractivity contribution in [1.29, 1.82) is 5.26 Å². The van der Waals surface area contributed by atoms with E-state index in [1.807, 2.05) is 6.07 Å². The van der Waals surface area contributed by atoms with Crippen LogP contribution in [0.15, 0.2) is 53.4 Å². The maximum atomic E-state index is 12.4. The van der Waals surface area contributed by atoms with Gasteiger partial charge in [-0.25, -0.2) is 8.42 Å². The Morgan fingerprint density at radius 1 is 1.20 bits per heavy atom. The molecule has 1 amide bonds. The summed E-state index contributed by atoms with van der Waals surface area (Å²) in [6.45, 7) is 0.760. The highest BCUT2D eigenvalue weighted by molar-refractivity contribution is 7.92. The van der Waals surface area contributed by atoms with Gasteiger partial charge in [-0.15, -0.1) is 0 Å². The minimum Gasteiger partial charge on any atom is -0.383 e. The van der Waals surface area contributed by atoms with E-state index < -0.39 is 10.0 Å². The molecule has 0 radical (unpaired) electrons. The number of hydrogen-bond acceptors (Lipinski definition) is 5. The molecule has 8 heteroatoms. The monoisotopic (exact) mass is 359 g/mol. The standard InChI is InChI=1S/C17H17N3O4S/c1-24-10-9-19-17(21)14-5-7-16(8-6-14)25(22,23)20-15-4-2-3-13(11-15)12-18/h2-8,11,20H,9-10H2,1H3,(H,19,21). The summed E-state index contributed by atoms with van der Waals surface area (Å²) in [6, 6.07) is 13.7. The van der Waals surface area contributed by atoms with E-state index in [1.165, 1.54) is 37.4 Å². The van der Waals surface area contributed by atoms with Crippen LogP contribution in [0.4, 0.5) is 5.69 Å². The largest absolute Gasteiger partial charge is 0.383 e. The minimum atomic E-state index is -3.81. The Hall–Kier alpha value is -2.89. The number of carbonyl (C=O) groups is 1. The second kappa shape index (κ2) is 8.28. The van der Waals surface area contributed by atoms with Crippen molar-refractivity contribution in [3.05, 3.63) is 59.7 Å². The number of hydrogen-bond donors (Lipinski definition) is 2. The van der Waals surface area contributed by atoms with Crippen LogP contribution in [0.1, 0.15) is 15.9 Å². The molecule has 2 aromatic carbocycles. The smallest absolute Gasteiger partial charge is 0.261 e. The second-order valence-corrected chi connectivity index (χ2v) is 6.75. The molecule has 0 bridgehead atoms. The van der Waals surface area contributed by atoms with Crippen molar-refractivity contribution < 1.29 is 17.9 Å². The number of methoxy groups -OCH3 is 1. The molecule has 2 N–H and O–H groups in total. The first-order valence-corrected chi connectivity index (χ1v) is 8.85. The number of amides is 1. The van der Waals surface area contributed by atoms with E-state index >= 15 is 0 Å². The van der Waals surface area contributed by atoms with Crippen LogP contribution >= 0.6 is 0 Å². The number of sulfonamides is 1. The fourth-order valence-corrected chi connectivity index (χ4v) is 3.07. The lowest BCUT2D eigenvalue weighted by Crippen LogP contribution is -2.26. The average molecular weight is 359 g/mol. The SMILES string of the molecule is COCCNC(=O)c1ccc(S(=O)(=O)Nc2cccc(C#N)c2)cc1. The Bertz CT molecular complexity index is 887. The van der Waals surface area contributed by atoms with Crippen molar-refractivity contribution >= 4 is 21.6 Å². The summed E-state index contributed by atoms with van der Waals surface area (Å²) in [4.78, 5) is 11.9. The van der Waals surface area contributed by atoms with Crippen molar-refractivity contribution in [1.82, 2.24) is 5.32 Å². The van der Waals surface area contributed by atoms with E-state index in [4.69, 9.17) is 10.00 Å². The van der Waals surface area contributed by atoms with Gasteiger partial charge in [-0.1, -0.05) is 6.07 Å². The third-order valence-corrected chi connectivity index (χ3v) is 4.66. The van der Waals surface area contributed by atoms with Crippen LogP contribution in [0, 0.1) is 11.3 Å². The van der Waals surface area contributed by atoms with Crippen LogP contribution in [0.3, 0.4) is 0 Å². The molecule has 0 unspecified atom stereocenters. The lowest BCUT2D eigenvalue weighted by molar-refractivity contribution is 0.0937. The summed E-state index contributed by atoms with van der Waals surface area (Å²) < 4.78 is 32.0. The van der Waals surface area contributed by atoms with Gasteiger partial charge in [0.2, 0.25) is 0 Å². The van der Waals surface area contributed by atoms with E-state index in [-0.39, 0.29) is 10.8 Å². The molecule has 0 saturated heterocycles. The number of carbonyl (C=O) groups excluding carboxylic acids is 1. The normalized spacial score (nSPS) is 10.7.